The van der Waals surface area contributed by atoms with Crippen LogP contribution in [-0.4, -0.2) is 15.6 Å². The standard InChI is InChI=1S/C15H20N2O/c1-17-3-2-13(16-17)14(18)15-7-10-4-11(8-15)6-12(5-10)9-15/h2-3,10-12H,4-9H2,1H3. The van der Waals surface area contributed by atoms with Crippen LogP contribution in [-0.2, 0) is 7.05 Å². The van der Waals surface area contributed by atoms with Crippen molar-refractivity contribution in [2.45, 2.75) is 38.5 Å². The quantitative estimate of drug-likeness (QED) is 0.750. The molecule has 3 heteroatoms. The highest BCUT2D eigenvalue weighted by atomic mass is 16.1. The third kappa shape index (κ3) is 1.42. The summed E-state index contributed by atoms with van der Waals surface area (Å²) in [5.74, 6) is 2.80. The van der Waals surface area contributed by atoms with Gasteiger partial charge >= 0.3 is 0 Å². The summed E-state index contributed by atoms with van der Waals surface area (Å²) in [7, 11) is 1.89. The number of aromatic nitrogens is 2. The number of hydrogen-bond acceptors (Lipinski definition) is 2. The maximum Gasteiger partial charge on any atom is 0.189 e. The average molecular weight is 244 g/mol. The van der Waals surface area contributed by atoms with Crippen molar-refractivity contribution in [3.05, 3.63) is 18.0 Å². The van der Waals surface area contributed by atoms with Crippen LogP contribution < -0.4 is 0 Å². The Labute approximate surface area is 108 Å². The van der Waals surface area contributed by atoms with Gasteiger partial charge in [0.2, 0.25) is 0 Å². The minimum Gasteiger partial charge on any atom is -0.292 e. The van der Waals surface area contributed by atoms with Gasteiger partial charge in [0.15, 0.2) is 5.78 Å². The molecule has 4 saturated carbocycles. The summed E-state index contributed by atoms with van der Waals surface area (Å²) < 4.78 is 1.74. The number of nitrogens with zero attached hydrogens (tertiary/aromatic N) is 2. The molecule has 0 N–H and O–H groups in total. The van der Waals surface area contributed by atoms with E-state index in [4.69, 9.17) is 0 Å². The van der Waals surface area contributed by atoms with Crippen LogP contribution in [0.2, 0.25) is 0 Å². The van der Waals surface area contributed by atoms with Crippen LogP contribution in [0.5, 0.6) is 0 Å². The van der Waals surface area contributed by atoms with Gasteiger partial charge in [0.1, 0.15) is 5.69 Å². The number of aryl methyl sites for hydroxylation is 1. The molecule has 0 atom stereocenters. The summed E-state index contributed by atoms with van der Waals surface area (Å²) in [5, 5.41) is 4.33. The highest BCUT2D eigenvalue weighted by molar-refractivity contribution is 5.99. The molecule has 1 aromatic heterocycles. The third-order valence-electron chi connectivity index (χ3n) is 5.47. The smallest absolute Gasteiger partial charge is 0.189 e. The number of carbonyl (C=O) groups is 1. The fourth-order valence-electron chi connectivity index (χ4n) is 5.20. The zero-order valence-corrected chi connectivity index (χ0v) is 10.9. The summed E-state index contributed by atoms with van der Waals surface area (Å²) in [6, 6.07) is 1.89. The van der Waals surface area contributed by atoms with Gasteiger partial charge in [0.05, 0.1) is 0 Å². The molecule has 0 radical (unpaired) electrons. The van der Waals surface area contributed by atoms with Crippen molar-refractivity contribution in [1.29, 1.82) is 0 Å². The van der Waals surface area contributed by atoms with E-state index in [0.29, 0.717) is 11.5 Å². The van der Waals surface area contributed by atoms with E-state index in [1.165, 1.54) is 19.3 Å². The predicted molar refractivity (Wildman–Crippen MR) is 68.1 cm³/mol. The van der Waals surface area contributed by atoms with E-state index in [0.717, 1.165) is 37.0 Å². The Hall–Kier alpha value is -1.12. The number of rotatable bonds is 2. The first-order valence-corrected chi connectivity index (χ1v) is 7.19. The van der Waals surface area contributed by atoms with Crippen molar-refractivity contribution >= 4 is 5.78 Å². The molecule has 1 aromatic rings. The van der Waals surface area contributed by atoms with Gasteiger partial charge in [-0.3, -0.25) is 9.48 Å². The lowest BCUT2D eigenvalue weighted by atomic mass is 9.48. The highest BCUT2D eigenvalue weighted by Gasteiger charge is 2.54. The SMILES string of the molecule is Cn1ccc(C(=O)C23CC4CC(CC(C4)C2)C3)n1. The molecule has 4 bridgehead atoms. The minimum absolute atomic E-state index is 0.0386. The predicted octanol–water partition coefficient (Wildman–Crippen LogP) is 2.82. The van der Waals surface area contributed by atoms with E-state index >= 15 is 0 Å². The molecule has 0 spiro atoms. The van der Waals surface area contributed by atoms with Crippen LogP contribution >= 0.6 is 0 Å². The topological polar surface area (TPSA) is 34.9 Å². The van der Waals surface area contributed by atoms with Gasteiger partial charge in [-0.05, 0) is 62.3 Å². The van der Waals surface area contributed by atoms with Crippen molar-refractivity contribution < 1.29 is 4.79 Å². The van der Waals surface area contributed by atoms with Crippen molar-refractivity contribution in [3.63, 3.8) is 0 Å². The number of Topliss-reactive ketones (excluding diaryl/α,β-unsaturated/α-hetero) is 1. The highest BCUT2D eigenvalue weighted by Crippen LogP contribution is 2.60. The first kappa shape index (κ1) is 10.8. The average Bonchev–Trinajstić information content (AvgIpc) is 2.73. The molecule has 3 nitrogen and oxygen atoms in total. The molecule has 96 valence electrons. The van der Waals surface area contributed by atoms with Gasteiger partial charge in [-0.2, -0.15) is 5.10 Å². The Kier molecular flexibility index (Phi) is 2.07. The normalized spacial score (nSPS) is 41.3. The van der Waals surface area contributed by atoms with Crippen molar-refractivity contribution in [3.8, 4) is 0 Å². The summed E-state index contributed by atoms with van der Waals surface area (Å²) in [5.41, 5.74) is 0.655. The Bertz CT molecular complexity index is 467. The van der Waals surface area contributed by atoms with E-state index in [9.17, 15) is 4.79 Å². The Balaban J connectivity index is 1.69. The second-order valence-corrected chi connectivity index (χ2v) is 6.90. The molecule has 4 aliphatic rings. The fourth-order valence-corrected chi connectivity index (χ4v) is 5.20. The van der Waals surface area contributed by atoms with Crippen LogP contribution in [0.15, 0.2) is 12.3 Å². The minimum atomic E-state index is -0.0386. The number of ketones is 1. The molecule has 0 amide bonds. The van der Waals surface area contributed by atoms with Crippen LogP contribution in [0, 0.1) is 23.2 Å². The molecule has 1 heterocycles. The molecule has 0 aliphatic heterocycles. The van der Waals surface area contributed by atoms with Crippen LogP contribution in [0.25, 0.3) is 0 Å². The van der Waals surface area contributed by atoms with Gasteiger partial charge < -0.3 is 0 Å². The summed E-state index contributed by atoms with van der Waals surface area (Å²) in [6.45, 7) is 0. The zero-order valence-electron chi connectivity index (χ0n) is 10.9. The van der Waals surface area contributed by atoms with Gasteiger partial charge in [-0.1, -0.05) is 0 Å². The molecule has 5 rings (SSSR count). The molecular weight excluding hydrogens is 224 g/mol. The largest absolute Gasteiger partial charge is 0.292 e. The second kappa shape index (κ2) is 3.46. The van der Waals surface area contributed by atoms with Gasteiger partial charge in [0, 0.05) is 18.7 Å². The molecule has 0 saturated heterocycles. The van der Waals surface area contributed by atoms with Gasteiger partial charge in [-0.25, -0.2) is 0 Å². The Morgan fingerprint density at radius 3 is 2.22 bits per heavy atom. The molecule has 4 fully saturated rings. The van der Waals surface area contributed by atoms with Crippen molar-refractivity contribution in [1.82, 2.24) is 9.78 Å². The summed E-state index contributed by atoms with van der Waals surface area (Å²) in [6.07, 6.45) is 9.43. The maximum absolute atomic E-state index is 12.8. The van der Waals surface area contributed by atoms with Crippen LogP contribution in [0.3, 0.4) is 0 Å². The first-order valence-electron chi connectivity index (χ1n) is 7.19. The summed E-state index contributed by atoms with van der Waals surface area (Å²) in [4.78, 5) is 12.8. The van der Waals surface area contributed by atoms with E-state index in [2.05, 4.69) is 5.10 Å². The first-order chi connectivity index (χ1) is 8.64. The zero-order chi connectivity index (χ0) is 12.3. The maximum atomic E-state index is 12.8. The lowest BCUT2D eigenvalue weighted by Crippen LogP contribution is -2.50. The van der Waals surface area contributed by atoms with E-state index in [1.54, 1.807) is 4.68 Å². The molecule has 18 heavy (non-hydrogen) atoms. The van der Waals surface area contributed by atoms with Crippen LogP contribution in [0.1, 0.15) is 49.0 Å². The fraction of sp³-hybridized carbons (Fsp3) is 0.733. The number of carbonyl (C=O) groups excluding carboxylic acids is 1. The lowest BCUT2D eigenvalue weighted by Gasteiger charge is -2.55. The Morgan fingerprint density at radius 1 is 1.22 bits per heavy atom. The Morgan fingerprint density at radius 2 is 1.78 bits per heavy atom. The van der Waals surface area contributed by atoms with Gasteiger partial charge in [0.25, 0.3) is 0 Å². The van der Waals surface area contributed by atoms with Crippen molar-refractivity contribution in [2.24, 2.45) is 30.2 Å². The number of hydrogen-bond donors (Lipinski definition) is 0. The molecular formula is C15H20N2O. The second-order valence-electron chi connectivity index (χ2n) is 6.90. The van der Waals surface area contributed by atoms with E-state index < -0.39 is 0 Å². The van der Waals surface area contributed by atoms with Crippen molar-refractivity contribution in [2.75, 3.05) is 0 Å². The monoisotopic (exact) mass is 244 g/mol. The molecule has 0 unspecified atom stereocenters. The molecule has 4 aliphatic carbocycles. The van der Waals surface area contributed by atoms with Gasteiger partial charge in [-0.15, -0.1) is 0 Å². The summed E-state index contributed by atoms with van der Waals surface area (Å²) >= 11 is 0. The lowest BCUT2D eigenvalue weighted by molar-refractivity contribution is -0.0355. The van der Waals surface area contributed by atoms with Crippen LogP contribution in [0.4, 0.5) is 0 Å². The third-order valence-corrected chi connectivity index (χ3v) is 5.47. The van der Waals surface area contributed by atoms with E-state index in [1.807, 2.05) is 19.3 Å². The molecule has 0 aromatic carbocycles. The van der Waals surface area contributed by atoms with E-state index in [-0.39, 0.29) is 5.41 Å².